The van der Waals surface area contributed by atoms with Crippen LogP contribution in [0, 0.1) is 6.92 Å². The van der Waals surface area contributed by atoms with Crippen LogP contribution in [0.4, 0.5) is 0 Å². The second-order valence-corrected chi connectivity index (χ2v) is 9.86. The van der Waals surface area contributed by atoms with E-state index in [0.717, 1.165) is 24.2 Å². The lowest BCUT2D eigenvalue weighted by atomic mass is 9.85. The van der Waals surface area contributed by atoms with Crippen molar-refractivity contribution in [2.45, 2.75) is 111 Å². The predicted molar refractivity (Wildman–Crippen MR) is 122 cm³/mol. The average Bonchev–Trinajstić information content (AvgIpc) is 2.63. The van der Waals surface area contributed by atoms with Crippen molar-refractivity contribution >= 4 is 8.60 Å². The molecule has 0 aliphatic carbocycles. The monoisotopic (exact) mass is 410 g/mol. The van der Waals surface area contributed by atoms with Crippen LogP contribution in [-0.2, 0) is 9.94 Å². The molecule has 3 nitrogen and oxygen atoms in total. The minimum Gasteiger partial charge on any atom is -0.427 e. The molecule has 0 bridgehead atoms. The highest BCUT2D eigenvalue weighted by molar-refractivity contribution is 7.41. The summed E-state index contributed by atoms with van der Waals surface area (Å²) >= 11 is 0. The standard InChI is InChI=1S/C24H43O3P/c1-6-7-8-9-10-11-12-13-14-15-16-19-26-28(25)27-23-18-17-21(2)20-22(23)24(3,4)5/h17-18,20,25H,6-16,19H2,1-5H3. The van der Waals surface area contributed by atoms with E-state index in [0.29, 0.717) is 6.61 Å². The summed E-state index contributed by atoms with van der Waals surface area (Å²) in [7, 11) is -1.87. The Morgan fingerprint density at radius 2 is 1.39 bits per heavy atom. The van der Waals surface area contributed by atoms with Gasteiger partial charge in [0.25, 0.3) is 0 Å². The van der Waals surface area contributed by atoms with Gasteiger partial charge in [-0.25, -0.2) is 0 Å². The normalized spacial score (nSPS) is 12.9. The first-order chi connectivity index (χ1) is 13.3. The predicted octanol–water partition coefficient (Wildman–Crippen LogP) is 8.22. The van der Waals surface area contributed by atoms with Crippen LogP contribution in [0.2, 0.25) is 0 Å². The van der Waals surface area contributed by atoms with E-state index in [1.807, 2.05) is 12.1 Å². The largest absolute Gasteiger partial charge is 0.427 e. The van der Waals surface area contributed by atoms with Gasteiger partial charge in [0.1, 0.15) is 5.75 Å². The van der Waals surface area contributed by atoms with Gasteiger partial charge in [-0.2, -0.15) is 0 Å². The molecule has 0 fully saturated rings. The highest BCUT2D eigenvalue weighted by atomic mass is 31.2. The fraction of sp³-hybridized carbons (Fsp3) is 0.750. The van der Waals surface area contributed by atoms with Crippen LogP contribution in [0.3, 0.4) is 0 Å². The van der Waals surface area contributed by atoms with E-state index in [4.69, 9.17) is 9.05 Å². The SMILES string of the molecule is CCCCCCCCCCCCCOP(O)Oc1ccc(C)cc1C(C)(C)C. The Morgan fingerprint density at radius 3 is 1.93 bits per heavy atom. The molecule has 0 radical (unpaired) electrons. The maximum Gasteiger partial charge on any atom is 0.394 e. The summed E-state index contributed by atoms with van der Waals surface area (Å²) in [6, 6.07) is 6.08. The molecule has 0 aliphatic heterocycles. The maximum atomic E-state index is 10.1. The molecule has 0 spiro atoms. The minimum atomic E-state index is -1.87. The molecule has 1 aromatic carbocycles. The molecule has 0 heterocycles. The second kappa shape index (κ2) is 14.4. The third-order valence-electron chi connectivity index (χ3n) is 5.07. The molecule has 1 atom stereocenters. The third kappa shape index (κ3) is 11.4. The Hall–Kier alpha value is -0.630. The quantitative estimate of drug-likeness (QED) is 0.234. The summed E-state index contributed by atoms with van der Waals surface area (Å²) in [5.74, 6) is 0.727. The fourth-order valence-electron chi connectivity index (χ4n) is 3.33. The topological polar surface area (TPSA) is 38.7 Å². The molecule has 0 saturated carbocycles. The highest BCUT2D eigenvalue weighted by Gasteiger charge is 2.21. The molecule has 1 unspecified atom stereocenters. The molecule has 0 aliphatic rings. The zero-order chi connectivity index (χ0) is 20.8. The van der Waals surface area contributed by atoms with Crippen molar-refractivity contribution in [3.63, 3.8) is 0 Å². The molecule has 28 heavy (non-hydrogen) atoms. The van der Waals surface area contributed by atoms with Crippen molar-refractivity contribution in [2.75, 3.05) is 6.61 Å². The maximum absolute atomic E-state index is 10.1. The van der Waals surface area contributed by atoms with Gasteiger partial charge in [0.2, 0.25) is 0 Å². The van der Waals surface area contributed by atoms with Gasteiger partial charge in [-0.3, -0.25) is 0 Å². The van der Waals surface area contributed by atoms with Gasteiger partial charge in [-0.15, -0.1) is 0 Å². The lowest BCUT2D eigenvalue weighted by Gasteiger charge is -2.24. The Bertz CT molecular complexity index is 525. The Labute approximate surface area is 175 Å². The smallest absolute Gasteiger partial charge is 0.394 e. The zero-order valence-corrected chi connectivity index (χ0v) is 19.8. The van der Waals surface area contributed by atoms with Gasteiger partial charge in [0, 0.05) is 5.56 Å². The van der Waals surface area contributed by atoms with E-state index < -0.39 is 8.60 Å². The lowest BCUT2D eigenvalue weighted by molar-refractivity contribution is 0.252. The van der Waals surface area contributed by atoms with Gasteiger partial charge >= 0.3 is 8.60 Å². The molecule has 1 rings (SSSR count). The molecule has 0 saturated heterocycles. The van der Waals surface area contributed by atoms with Gasteiger partial charge in [0.15, 0.2) is 0 Å². The number of aryl methyl sites for hydroxylation is 1. The summed E-state index contributed by atoms with van der Waals surface area (Å²) in [5.41, 5.74) is 2.27. The van der Waals surface area contributed by atoms with Crippen LogP contribution < -0.4 is 4.52 Å². The van der Waals surface area contributed by atoms with Crippen LogP contribution in [0.5, 0.6) is 5.75 Å². The number of unbranched alkanes of at least 4 members (excludes halogenated alkanes) is 10. The van der Waals surface area contributed by atoms with Crippen LogP contribution >= 0.6 is 8.60 Å². The van der Waals surface area contributed by atoms with Crippen LogP contribution in [0.25, 0.3) is 0 Å². The van der Waals surface area contributed by atoms with Gasteiger partial charge < -0.3 is 13.9 Å². The summed E-state index contributed by atoms with van der Waals surface area (Å²) in [4.78, 5) is 10.1. The fourth-order valence-corrected chi connectivity index (χ4v) is 3.99. The highest BCUT2D eigenvalue weighted by Crippen LogP contribution is 2.40. The van der Waals surface area contributed by atoms with Gasteiger partial charge in [0.05, 0.1) is 6.61 Å². The summed E-state index contributed by atoms with van der Waals surface area (Å²) < 4.78 is 11.2. The summed E-state index contributed by atoms with van der Waals surface area (Å²) in [5, 5.41) is 0. The minimum absolute atomic E-state index is 0.0342. The Balaban J connectivity index is 2.13. The summed E-state index contributed by atoms with van der Waals surface area (Å²) in [6.45, 7) is 11.4. The molecule has 0 aromatic heterocycles. The van der Waals surface area contributed by atoms with E-state index >= 15 is 0 Å². The van der Waals surface area contributed by atoms with Gasteiger partial charge in [-0.05, 0) is 24.8 Å². The zero-order valence-electron chi connectivity index (χ0n) is 18.9. The van der Waals surface area contributed by atoms with Crippen molar-refractivity contribution < 1.29 is 13.9 Å². The Kier molecular flexibility index (Phi) is 13.0. The molecular weight excluding hydrogens is 367 g/mol. The van der Waals surface area contributed by atoms with Crippen LogP contribution in [0.1, 0.15) is 109 Å². The van der Waals surface area contributed by atoms with Crippen molar-refractivity contribution in [1.82, 2.24) is 0 Å². The van der Waals surface area contributed by atoms with Crippen molar-refractivity contribution in [3.8, 4) is 5.75 Å². The first-order valence-electron chi connectivity index (χ1n) is 11.3. The molecular formula is C24H43O3P. The number of benzene rings is 1. The lowest BCUT2D eigenvalue weighted by Crippen LogP contribution is -2.13. The van der Waals surface area contributed by atoms with E-state index in [-0.39, 0.29) is 5.41 Å². The number of hydrogen-bond acceptors (Lipinski definition) is 3. The van der Waals surface area contributed by atoms with Crippen molar-refractivity contribution in [2.24, 2.45) is 0 Å². The first-order valence-corrected chi connectivity index (χ1v) is 12.4. The Morgan fingerprint density at radius 1 is 0.857 bits per heavy atom. The molecule has 1 aromatic rings. The van der Waals surface area contributed by atoms with E-state index in [1.54, 1.807) is 0 Å². The van der Waals surface area contributed by atoms with E-state index in [1.165, 1.54) is 63.4 Å². The summed E-state index contributed by atoms with van der Waals surface area (Å²) in [6.07, 6.45) is 14.4. The van der Waals surface area contributed by atoms with E-state index in [2.05, 4.69) is 40.7 Å². The van der Waals surface area contributed by atoms with Crippen molar-refractivity contribution in [1.29, 1.82) is 0 Å². The molecule has 1 N–H and O–H groups in total. The van der Waals surface area contributed by atoms with Crippen molar-refractivity contribution in [3.05, 3.63) is 29.3 Å². The number of rotatable bonds is 15. The second-order valence-electron chi connectivity index (χ2n) is 8.95. The first kappa shape index (κ1) is 25.4. The average molecular weight is 411 g/mol. The number of hydrogen-bond donors (Lipinski definition) is 1. The van der Waals surface area contributed by atoms with Gasteiger partial charge in [-0.1, -0.05) is 110 Å². The molecule has 4 heteroatoms. The van der Waals surface area contributed by atoms with Crippen LogP contribution in [-0.4, -0.2) is 11.5 Å². The van der Waals surface area contributed by atoms with E-state index in [9.17, 15) is 4.89 Å². The molecule has 162 valence electrons. The molecule has 0 amide bonds. The van der Waals surface area contributed by atoms with Crippen LogP contribution in [0.15, 0.2) is 18.2 Å². The third-order valence-corrected chi connectivity index (χ3v) is 5.83.